The lowest BCUT2D eigenvalue weighted by atomic mass is 9.86. The lowest BCUT2D eigenvalue weighted by Crippen LogP contribution is -2.35. The fourth-order valence-electron chi connectivity index (χ4n) is 2.60. The standard InChI is InChI=1S/C13H14ClNO4/c1-6-9(12(16)17)11(15-10(6)13(18)19)7-2-4-8(14)5-3-7/h2-6,9-11,15H,1H3,(H,16,17)(H,18,19)/t6-,9-,10-,11-/m0/s1. The largest absolute Gasteiger partial charge is 0.481 e. The number of nitrogens with one attached hydrogen (secondary N) is 1. The highest BCUT2D eigenvalue weighted by molar-refractivity contribution is 6.30. The molecule has 1 aromatic carbocycles. The average molecular weight is 284 g/mol. The molecule has 0 aromatic heterocycles. The Labute approximate surface area is 115 Å². The third kappa shape index (κ3) is 2.57. The van der Waals surface area contributed by atoms with Crippen LogP contribution < -0.4 is 5.32 Å². The number of carboxylic acid groups (broad SMARTS) is 2. The van der Waals surface area contributed by atoms with Crippen molar-refractivity contribution >= 4 is 23.5 Å². The summed E-state index contributed by atoms with van der Waals surface area (Å²) in [4.78, 5) is 22.5. The van der Waals surface area contributed by atoms with E-state index in [4.69, 9.17) is 16.7 Å². The Bertz CT molecular complexity index is 502. The number of halogens is 1. The molecule has 0 spiro atoms. The van der Waals surface area contributed by atoms with E-state index in [1.54, 1.807) is 31.2 Å². The van der Waals surface area contributed by atoms with Crippen LogP contribution in [0.2, 0.25) is 5.02 Å². The summed E-state index contributed by atoms with van der Waals surface area (Å²) in [6.45, 7) is 1.64. The second-order valence-corrected chi connectivity index (χ2v) is 5.17. The highest BCUT2D eigenvalue weighted by Gasteiger charge is 2.47. The summed E-state index contributed by atoms with van der Waals surface area (Å²) in [5.41, 5.74) is 0.729. The van der Waals surface area contributed by atoms with Crippen LogP contribution in [-0.4, -0.2) is 28.2 Å². The van der Waals surface area contributed by atoms with Gasteiger partial charge in [0.05, 0.1) is 5.92 Å². The zero-order chi connectivity index (χ0) is 14.2. The zero-order valence-corrected chi connectivity index (χ0v) is 11.0. The SMILES string of the molecule is C[C@H]1[C@H](C(=O)O)[C@H](c2ccc(Cl)cc2)N[C@@H]1C(=O)O. The van der Waals surface area contributed by atoms with Crippen LogP contribution in [0, 0.1) is 11.8 Å². The molecule has 1 fully saturated rings. The van der Waals surface area contributed by atoms with Gasteiger partial charge in [0.2, 0.25) is 0 Å². The number of hydrogen-bond donors (Lipinski definition) is 3. The van der Waals surface area contributed by atoms with E-state index in [1.165, 1.54) is 0 Å². The van der Waals surface area contributed by atoms with Crippen molar-refractivity contribution in [3.05, 3.63) is 34.9 Å². The zero-order valence-electron chi connectivity index (χ0n) is 10.2. The topological polar surface area (TPSA) is 86.6 Å². The fraction of sp³-hybridized carbons (Fsp3) is 0.385. The molecular formula is C13H14ClNO4. The molecule has 102 valence electrons. The normalized spacial score (nSPS) is 30.2. The van der Waals surface area contributed by atoms with Crippen molar-refractivity contribution in [1.29, 1.82) is 0 Å². The monoisotopic (exact) mass is 283 g/mol. The van der Waals surface area contributed by atoms with Crippen LogP contribution in [0.3, 0.4) is 0 Å². The third-order valence-electron chi connectivity index (χ3n) is 3.59. The molecule has 1 aliphatic heterocycles. The van der Waals surface area contributed by atoms with E-state index in [9.17, 15) is 14.7 Å². The number of carboxylic acids is 2. The van der Waals surface area contributed by atoms with Gasteiger partial charge in [0, 0.05) is 11.1 Å². The number of aliphatic carboxylic acids is 2. The Hall–Kier alpha value is -1.59. The molecule has 3 N–H and O–H groups in total. The molecule has 0 bridgehead atoms. The maximum absolute atomic E-state index is 11.4. The quantitative estimate of drug-likeness (QED) is 0.787. The summed E-state index contributed by atoms with van der Waals surface area (Å²) in [6.07, 6.45) is 0. The predicted octanol–water partition coefficient (Wildman–Crippen LogP) is 1.77. The molecule has 0 unspecified atom stereocenters. The van der Waals surface area contributed by atoms with Gasteiger partial charge in [-0.1, -0.05) is 30.7 Å². The minimum atomic E-state index is -1.03. The molecule has 0 aliphatic carbocycles. The lowest BCUT2D eigenvalue weighted by molar-refractivity contribution is -0.144. The molecule has 1 aromatic rings. The van der Waals surface area contributed by atoms with Crippen LogP contribution >= 0.6 is 11.6 Å². The van der Waals surface area contributed by atoms with Gasteiger partial charge in [0.15, 0.2) is 0 Å². The number of hydrogen-bond acceptors (Lipinski definition) is 3. The first-order valence-corrected chi connectivity index (χ1v) is 6.26. The highest BCUT2D eigenvalue weighted by atomic mass is 35.5. The van der Waals surface area contributed by atoms with Gasteiger partial charge in [0.1, 0.15) is 6.04 Å². The summed E-state index contributed by atoms with van der Waals surface area (Å²) in [5.74, 6) is -3.29. The lowest BCUT2D eigenvalue weighted by Gasteiger charge is -2.18. The molecular weight excluding hydrogens is 270 g/mol. The first kappa shape index (κ1) is 13.8. The van der Waals surface area contributed by atoms with Gasteiger partial charge < -0.3 is 10.2 Å². The van der Waals surface area contributed by atoms with Crippen molar-refractivity contribution in [1.82, 2.24) is 5.32 Å². The maximum atomic E-state index is 11.4. The fourth-order valence-corrected chi connectivity index (χ4v) is 2.72. The van der Waals surface area contributed by atoms with Crippen molar-refractivity contribution < 1.29 is 19.8 Å². The average Bonchev–Trinajstić information content (AvgIpc) is 2.68. The summed E-state index contributed by atoms with van der Waals surface area (Å²) in [7, 11) is 0. The molecule has 1 saturated heterocycles. The van der Waals surface area contributed by atoms with Crippen LogP contribution in [0.1, 0.15) is 18.5 Å². The number of rotatable bonds is 3. The molecule has 0 amide bonds. The molecule has 5 nitrogen and oxygen atoms in total. The summed E-state index contributed by atoms with van der Waals surface area (Å²) in [6, 6.07) is 5.37. The van der Waals surface area contributed by atoms with E-state index in [0.717, 1.165) is 5.56 Å². The van der Waals surface area contributed by atoms with E-state index >= 15 is 0 Å². The Morgan fingerprint density at radius 3 is 2.21 bits per heavy atom. The van der Waals surface area contributed by atoms with Gasteiger partial charge in [-0.15, -0.1) is 0 Å². The van der Waals surface area contributed by atoms with E-state index < -0.39 is 35.9 Å². The molecule has 0 radical (unpaired) electrons. The van der Waals surface area contributed by atoms with Crippen LogP contribution in [0.5, 0.6) is 0 Å². The molecule has 1 heterocycles. The van der Waals surface area contributed by atoms with E-state index in [-0.39, 0.29) is 0 Å². The Kier molecular flexibility index (Phi) is 3.78. The van der Waals surface area contributed by atoms with E-state index in [1.807, 2.05) is 0 Å². The molecule has 1 aliphatic rings. The van der Waals surface area contributed by atoms with E-state index in [2.05, 4.69) is 5.32 Å². The van der Waals surface area contributed by atoms with Crippen molar-refractivity contribution in [2.75, 3.05) is 0 Å². The maximum Gasteiger partial charge on any atom is 0.321 e. The summed E-state index contributed by atoms with van der Waals surface area (Å²) < 4.78 is 0. The van der Waals surface area contributed by atoms with Crippen molar-refractivity contribution in [2.24, 2.45) is 11.8 Å². The van der Waals surface area contributed by atoms with Gasteiger partial charge in [-0.05, 0) is 23.6 Å². The second kappa shape index (κ2) is 5.19. The smallest absolute Gasteiger partial charge is 0.321 e. The molecule has 19 heavy (non-hydrogen) atoms. The minimum absolute atomic E-state index is 0.490. The first-order valence-electron chi connectivity index (χ1n) is 5.89. The van der Waals surface area contributed by atoms with Gasteiger partial charge in [0.25, 0.3) is 0 Å². The minimum Gasteiger partial charge on any atom is -0.481 e. The van der Waals surface area contributed by atoms with Gasteiger partial charge in [-0.3, -0.25) is 14.9 Å². The summed E-state index contributed by atoms with van der Waals surface area (Å²) in [5, 5.41) is 21.9. The van der Waals surface area contributed by atoms with Gasteiger partial charge in [-0.25, -0.2) is 0 Å². The van der Waals surface area contributed by atoms with Gasteiger partial charge >= 0.3 is 11.9 Å². The number of carbonyl (C=O) groups is 2. The Morgan fingerprint density at radius 1 is 1.16 bits per heavy atom. The summed E-state index contributed by atoms with van der Waals surface area (Å²) >= 11 is 5.79. The van der Waals surface area contributed by atoms with Crippen LogP contribution in [-0.2, 0) is 9.59 Å². The number of benzene rings is 1. The molecule has 2 rings (SSSR count). The Balaban J connectivity index is 2.35. The third-order valence-corrected chi connectivity index (χ3v) is 3.84. The van der Waals surface area contributed by atoms with Crippen LogP contribution in [0.15, 0.2) is 24.3 Å². The van der Waals surface area contributed by atoms with E-state index in [0.29, 0.717) is 5.02 Å². The molecule has 6 heteroatoms. The first-order chi connectivity index (χ1) is 8.91. The van der Waals surface area contributed by atoms with Crippen molar-refractivity contribution in [2.45, 2.75) is 19.0 Å². The van der Waals surface area contributed by atoms with Crippen molar-refractivity contribution in [3.8, 4) is 0 Å². The second-order valence-electron chi connectivity index (χ2n) is 4.73. The van der Waals surface area contributed by atoms with Crippen LogP contribution in [0.4, 0.5) is 0 Å². The molecule has 4 atom stereocenters. The predicted molar refractivity (Wildman–Crippen MR) is 69.0 cm³/mol. The highest BCUT2D eigenvalue weighted by Crippen LogP contribution is 2.37. The van der Waals surface area contributed by atoms with Gasteiger partial charge in [-0.2, -0.15) is 0 Å². The molecule has 0 saturated carbocycles. The van der Waals surface area contributed by atoms with Crippen LogP contribution in [0.25, 0.3) is 0 Å². The van der Waals surface area contributed by atoms with Crippen molar-refractivity contribution in [3.63, 3.8) is 0 Å². The Morgan fingerprint density at radius 2 is 1.74 bits per heavy atom.